The highest BCUT2D eigenvalue weighted by Gasteiger charge is 2.22. The molecule has 2 rings (SSSR count). The summed E-state index contributed by atoms with van der Waals surface area (Å²) < 4.78 is 5.57. The number of nitrogens with zero attached hydrogens (tertiary/aromatic N) is 2. The van der Waals surface area contributed by atoms with E-state index in [1.807, 2.05) is 0 Å². The zero-order chi connectivity index (χ0) is 13.2. The average molecular weight is 269 g/mol. The summed E-state index contributed by atoms with van der Waals surface area (Å²) in [6, 6.07) is 0. The molecule has 0 aliphatic carbocycles. The van der Waals surface area contributed by atoms with Gasteiger partial charge in [0.25, 0.3) is 0 Å². The van der Waals surface area contributed by atoms with Gasteiger partial charge in [-0.3, -0.25) is 4.90 Å². The predicted octanol–water partition coefficient (Wildman–Crippen LogP) is 1.60. The van der Waals surface area contributed by atoms with Gasteiger partial charge in [0.2, 0.25) is 0 Å². The van der Waals surface area contributed by atoms with Crippen LogP contribution in [0.2, 0.25) is 0 Å². The van der Waals surface area contributed by atoms with Gasteiger partial charge in [0.1, 0.15) is 5.01 Å². The molecular formula is C13H23N3OS. The number of hydrogen-bond donors (Lipinski definition) is 1. The van der Waals surface area contributed by atoms with Crippen LogP contribution >= 0.6 is 11.3 Å². The second-order valence-electron chi connectivity index (χ2n) is 5.84. The Labute approximate surface area is 113 Å². The van der Waals surface area contributed by atoms with Crippen LogP contribution in [0.25, 0.3) is 0 Å². The van der Waals surface area contributed by atoms with Crippen LogP contribution < -0.4 is 5.73 Å². The van der Waals surface area contributed by atoms with E-state index in [2.05, 4.69) is 31.1 Å². The van der Waals surface area contributed by atoms with E-state index in [1.165, 1.54) is 10.7 Å². The topological polar surface area (TPSA) is 51.4 Å². The molecule has 1 aliphatic rings. The van der Waals surface area contributed by atoms with Crippen molar-refractivity contribution in [1.82, 2.24) is 9.88 Å². The molecule has 0 aromatic carbocycles. The van der Waals surface area contributed by atoms with Crippen LogP contribution in [-0.4, -0.2) is 42.2 Å². The number of morpholine rings is 1. The quantitative estimate of drug-likeness (QED) is 0.905. The second-order valence-corrected chi connectivity index (χ2v) is 6.78. The molecule has 2 heterocycles. The van der Waals surface area contributed by atoms with Gasteiger partial charge in [0, 0.05) is 30.4 Å². The minimum atomic E-state index is 0.138. The van der Waals surface area contributed by atoms with Crippen LogP contribution in [0.5, 0.6) is 0 Å². The molecule has 0 bridgehead atoms. The lowest BCUT2D eigenvalue weighted by Gasteiger charge is -2.31. The highest BCUT2D eigenvalue weighted by Crippen LogP contribution is 2.24. The molecule has 1 fully saturated rings. The molecule has 5 heteroatoms. The van der Waals surface area contributed by atoms with Gasteiger partial charge in [-0.05, 0) is 0 Å². The first-order valence-electron chi connectivity index (χ1n) is 6.48. The van der Waals surface area contributed by atoms with Gasteiger partial charge in [0.05, 0.1) is 24.9 Å². The van der Waals surface area contributed by atoms with Gasteiger partial charge in [-0.25, -0.2) is 4.98 Å². The third kappa shape index (κ3) is 3.51. The Morgan fingerprint density at radius 3 is 2.94 bits per heavy atom. The molecule has 1 unspecified atom stereocenters. The van der Waals surface area contributed by atoms with Crippen molar-refractivity contribution in [2.75, 3.05) is 26.2 Å². The van der Waals surface area contributed by atoms with Crippen molar-refractivity contribution in [3.05, 3.63) is 16.1 Å². The van der Waals surface area contributed by atoms with Crippen LogP contribution in [0.15, 0.2) is 5.38 Å². The number of hydrogen-bond acceptors (Lipinski definition) is 5. The van der Waals surface area contributed by atoms with Crippen molar-refractivity contribution < 1.29 is 4.74 Å². The molecule has 1 aromatic heterocycles. The van der Waals surface area contributed by atoms with Gasteiger partial charge in [-0.15, -0.1) is 11.3 Å². The lowest BCUT2D eigenvalue weighted by molar-refractivity contribution is -0.0260. The number of aromatic nitrogens is 1. The third-order valence-electron chi connectivity index (χ3n) is 3.16. The molecule has 0 saturated carbocycles. The molecule has 1 aliphatic heterocycles. The van der Waals surface area contributed by atoms with Gasteiger partial charge >= 0.3 is 0 Å². The Bertz CT molecular complexity index is 386. The molecule has 2 N–H and O–H groups in total. The lowest BCUT2D eigenvalue weighted by Crippen LogP contribution is -2.45. The molecule has 0 spiro atoms. The molecule has 0 amide bonds. The maximum absolute atomic E-state index is 5.66. The highest BCUT2D eigenvalue weighted by molar-refractivity contribution is 7.09. The Hall–Kier alpha value is -0.490. The first-order chi connectivity index (χ1) is 8.49. The van der Waals surface area contributed by atoms with Crippen molar-refractivity contribution in [2.45, 2.75) is 38.8 Å². The summed E-state index contributed by atoms with van der Waals surface area (Å²) in [5.41, 5.74) is 6.98. The fourth-order valence-corrected chi connectivity index (χ4v) is 3.05. The standard InChI is InChI=1S/C13H23N3OS/c1-13(2,3)11-9-18-12(15-11)8-16-4-5-17-10(6-14)7-16/h9-10H,4-8,14H2,1-3H3. The summed E-state index contributed by atoms with van der Waals surface area (Å²) in [6.45, 7) is 10.8. The van der Waals surface area contributed by atoms with E-state index in [1.54, 1.807) is 11.3 Å². The third-order valence-corrected chi connectivity index (χ3v) is 4.00. The van der Waals surface area contributed by atoms with Crippen molar-refractivity contribution in [3.63, 3.8) is 0 Å². The normalized spacial score (nSPS) is 22.3. The van der Waals surface area contributed by atoms with Gasteiger partial charge in [-0.2, -0.15) is 0 Å². The van der Waals surface area contributed by atoms with Crippen molar-refractivity contribution in [2.24, 2.45) is 5.73 Å². The summed E-state index contributed by atoms with van der Waals surface area (Å²) in [6.07, 6.45) is 0.181. The zero-order valence-corrected chi connectivity index (χ0v) is 12.3. The maximum atomic E-state index is 5.66. The van der Waals surface area contributed by atoms with E-state index in [4.69, 9.17) is 15.5 Å². The summed E-state index contributed by atoms with van der Waals surface area (Å²) >= 11 is 1.75. The minimum absolute atomic E-state index is 0.138. The minimum Gasteiger partial charge on any atom is -0.374 e. The van der Waals surface area contributed by atoms with E-state index >= 15 is 0 Å². The van der Waals surface area contributed by atoms with Crippen molar-refractivity contribution in [1.29, 1.82) is 0 Å². The van der Waals surface area contributed by atoms with Crippen LogP contribution in [0.3, 0.4) is 0 Å². The summed E-state index contributed by atoms with van der Waals surface area (Å²) in [4.78, 5) is 7.11. The summed E-state index contributed by atoms with van der Waals surface area (Å²) in [5, 5.41) is 3.37. The van der Waals surface area contributed by atoms with E-state index in [9.17, 15) is 0 Å². The molecular weight excluding hydrogens is 246 g/mol. The molecule has 4 nitrogen and oxygen atoms in total. The first-order valence-corrected chi connectivity index (χ1v) is 7.36. The average Bonchev–Trinajstić information content (AvgIpc) is 2.77. The number of ether oxygens (including phenoxy) is 1. The van der Waals surface area contributed by atoms with E-state index in [0.717, 1.165) is 26.2 Å². The molecule has 0 radical (unpaired) electrons. The van der Waals surface area contributed by atoms with Gasteiger partial charge in [0.15, 0.2) is 0 Å². The predicted molar refractivity (Wildman–Crippen MR) is 74.9 cm³/mol. The molecule has 1 aromatic rings. The Morgan fingerprint density at radius 1 is 1.56 bits per heavy atom. The molecule has 1 atom stereocenters. The Kier molecular flexibility index (Phi) is 4.37. The van der Waals surface area contributed by atoms with Gasteiger partial charge < -0.3 is 10.5 Å². The summed E-state index contributed by atoms with van der Waals surface area (Å²) in [7, 11) is 0. The molecule has 102 valence electrons. The van der Waals surface area contributed by atoms with Crippen LogP contribution in [0, 0.1) is 0 Å². The highest BCUT2D eigenvalue weighted by atomic mass is 32.1. The monoisotopic (exact) mass is 269 g/mol. The maximum Gasteiger partial charge on any atom is 0.107 e. The summed E-state index contributed by atoms with van der Waals surface area (Å²) in [5.74, 6) is 0. The zero-order valence-electron chi connectivity index (χ0n) is 11.5. The second kappa shape index (κ2) is 5.65. The van der Waals surface area contributed by atoms with E-state index < -0.39 is 0 Å². The number of nitrogens with two attached hydrogens (primary N) is 1. The van der Waals surface area contributed by atoms with Crippen molar-refractivity contribution >= 4 is 11.3 Å². The fraction of sp³-hybridized carbons (Fsp3) is 0.769. The SMILES string of the molecule is CC(C)(C)c1csc(CN2CCOC(CN)C2)n1. The van der Waals surface area contributed by atoms with Crippen LogP contribution in [0.4, 0.5) is 0 Å². The van der Waals surface area contributed by atoms with Crippen LogP contribution in [0.1, 0.15) is 31.5 Å². The van der Waals surface area contributed by atoms with Gasteiger partial charge in [-0.1, -0.05) is 20.8 Å². The molecule has 1 saturated heterocycles. The van der Waals surface area contributed by atoms with Crippen molar-refractivity contribution in [3.8, 4) is 0 Å². The Balaban J connectivity index is 1.95. The number of thiazole rings is 1. The number of rotatable bonds is 3. The van der Waals surface area contributed by atoms with Crippen LogP contribution in [-0.2, 0) is 16.7 Å². The van der Waals surface area contributed by atoms with E-state index in [0.29, 0.717) is 6.54 Å². The Morgan fingerprint density at radius 2 is 2.33 bits per heavy atom. The largest absolute Gasteiger partial charge is 0.374 e. The molecule has 18 heavy (non-hydrogen) atoms. The van der Waals surface area contributed by atoms with E-state index in [-0.39, 0.29) is 11.5 Å². The fourth-order valence-electron chi connectivity index (χ4n) is 1.99. The first kappa shape index (κ1) is 13.9. The smallest absolute Gasteiger partial charge is 0.107 e. The lowest BCUT2D eigenvalue weighted by atomic mass is 9.93.